The molecular formula is C34H22O4. The molecule has 0 amide bonds. The van der Waals surface area contributed by atoms with E-state index in [0.29, 0.717) is 22.3 Å². The quantitative estimate of drug-likeness (QED) is 0.264. The molecule has 0 atom stereocenters. The summed E-state index contributed by atoms with van der Waals surface area (Å²) in [6.45, 7) is 0. The first kappa shape index (κ1) is 22.3. The third kappa shape index (κ3) is 2.97. The highest BCUT2D eigenvalue weighted by Gasteiger charge is 2.54. The average molecular weight is 495 g/mol. The summed E-state index contributed by atoms with van der Waals surface area (Å²) in [4.78, 5) is 27.3. The van der Waals surface area contributed by atoms with E-state index >= 15 is 0 Å². The Morgan fingerprint density at radius 1 is 0.395 bits per heavy atom. The average Bonchev–Trinajstić information content (AvgIpc) is 3.46. The predicted octanol–water partition coefficient (Wildman–Crippen LogP) is 6.61. The Morgan fingerprint density at radius 3 is 0.921 bits per heavy atom. The molecule has 4 heteroatoms. The summed E-state index contributed by atoms with van der Waals surface area (Å²) in [6.07, 6.45) is 0. The zero-order valence-electron chi connectivity index (χ0n) is 20.3. The van der Waals surface area contributed by atoms with Crippen molar-refractivity contribution in [3.05, 3.63) is 178 Å². The van der Waals surface area contributed by atoms with Crippen LogP contribution in [0.5, 0.6) is 0 Å². The van der Waals surface area contributed by atoms with Crippen LogP contribution in [0.1, 0.15) is 54.1 Å². The lowest BCUT2D eigenvalue weighted by Crippen LogP contribution is -2.30. The molecule has 2 aliphatic heterocycles. The zero-order valence-corrected chi connectivity index (χ0v) is 20.3. The van der Waals surface area contributed by atoms with Gasteiger partial charge in [0.2, 0.25) is 0 Å². The van der Waals surface area contributed by atoms with E-state index in [2.05, 4.69) is 0 Å². The molecule has 0 radical (unpaired) electrons. The van der Waals surface area contributed by atoms with E-state index in [9.17, 15) is 9.59 Å². The summed E-state index contributed by atoms with van der Waals surface area (Å²) in [7, 11) is 0. The van der Waals surface area contributed by atoms with Gasteiger partial charge >= 0.3 is 11.9 Å². The van der Waals surface area contributed by atoms with Gasteiger partial charge in [-0.2, -0.15) is 0 Å². The monoisotopic (exact) mass is 494 g/mol. The number of esters is 2. The first-order valence-corrected chi connectivity index (χ1v) is 12.5. The molecule has 5 aromatic carbocycles. The van der Waals surface area contributed by atoms with Crippen LogP contribution >= 0.6 is 0 Å². The molecule has 0 saturated heterocycles. The van der Waals surface area contributed by atoms with E-state index in [1.807, 2.05) is 121 Å². The van der Waals surface area contributed by atoms with E-state index < -0.39 is 23.1 Å². The number of hydrogen-bond acceptors (Lipinski definition) is 4. The van der Waals surface area contributed by atoms with Crippen molar-refractivity contribution in [3.8, 4) is 0 Å². The summed E-state index contributed by atoms with van der Waals surface area (Å²) in [5.74, 6) is -0.880. The largest absolute Gasteiger partial charge is 0.441 e. The lowest BCUT2D eigenvalue weighted by Gasteiger charge is -2.31. The molecule has 0 fully saturated rings. The number of carbonyl (C=O) groups excluding carboxylic acids is 2. The predicted molar refractivity (Wildman–Crippen MR) is 143 cm³/mol. The van der Waals surface area contributed by atoms with Crippen LogP contribution in [0, 0.1) is 0 Å². The lowest BCUT2D eigenvalue weighted by atomic mass is 9.75. The number of ether oxygens (including phenoxy) is 2. The second kappa shape index (κ2) is 8.29. The van der Waals surface area contributed by atoms with Crippen molar-refractivity contribution in [2.24, 2.45) is 0 Å². The molecule has 0 saturated carbocycles. The standard InChI is InChI=1S/C34H22O4/c35-31-27-22-30-28(32(36)38-34(30,25-17-9-3-10-18-25)26-19-11-4-12-20-26)21-29(27)33(37-31,23-13-5-1-6-14-23)24-15-7-2-8-16-24/h1-22H. The maximum Gasteiger partial charge on any atom is 0.340 e. The molecule has 4 nitrogen and oxygen atoms in total. The molecule has 2 aliphatic rings. The number of rotatable bonds is 4. The first-order chi connectivity index (χ1) is 18.6. The van der Waals surface area contributed by atoms with E-state index in [4.69, 9.17) is 9.47 Å². The Labute approximate surface area is 220 Å². The van der Waals surface area contributed by atoms with Crippen molar-refractivity contribution >= 4 is 11.9 Å². The van der Waals surface area contributed by atoms with Gasteiger partial charge in [-0.15, -0.1) is 0 Å². The Hall–Kier alpha value is -4.96. The minimum Gasteiger partial charge on any atom is -0.441 e. The smallest absolute Gasteiger partial charge is 0.340 e. The van der Waals surface area contributed by atoms with Gasteiger partial charge in [-0.1, -0.05) is 121 Å². The van der Waals surface area contributed by atoms with E-state index in [1.54, 1.807) is 12.1 Å². The van der Waals surface area contributed by atoms with Gasteiger partial charge in [-0.05, 0) is 12.1 Å². The van der Waals surface area contributed by atoms with Gasteiger partial charge in [0.05, 0.1) is 11.1 Å². The summed E-state index contributed by atoms with van der Waals surface area (Å²) < 4.78 is 12.6. The van der Waals surface area contributed by atoms with Gasteiger partial charge in [-0.25, -0.2) is 9.59 Å². The number of cyclic esters (lactones) is 2. The molecule has 0 bridgehead atoms. The van der Waals surface area contributed by atoms with Gasteiger partial charge in [0.15, 0.2) is 11.2 Å². The van der Waals surface area contributed by atoms with Crippen LogP contribution in [-0.4, -0.2) is 11.9 Å². The Bertz CT molecular complexity index is 1470. The molecule has 5 aromatic rings. The highest BCUT2D eigenvalue weighted by Crippen LogP contribution is 2.52. The molecule has 38 heavy (non-hydrogen) atoms. The number of benzene rings is 5. The molecule has 2 heterocycles. The summed E-state index contributed by atoms with van der Waals surface area (Å²) in [5, 5.41) is 0. The third-order valence-corrected chi connectivity index (χ3v) is 7.57. The van der Waals surface area contributed by atoms with Crippen molar-refractivity contribution in [1.29, 1.82) is 0 Å². The number of fused-ring (bicyclic) bond motifs is 2. The third-order valence-electron chi connectivity index (χ3n) is 7.57. The Morgan fingerprint density at radius 2 is 0.658 bits per heavy atom. The minimum atomic E-state index is -1.19. The highest BCUT2D eigenvalue weighted by molar-refractivity contribution is 6.02. The summed E-state index contributed by atoms with van der Waals surface area (Å²) in [6, 6.07) is 42.2. The summed E-state index contributed by atoms with van der Waals surface area (Å²) >= 11 is 0. The molecule has 0 N–H and O–H groups in total. The van der Waals surface area contributed by atoms with E-state index in [0.717, 1.165) is 22.3 Å². The topological polar surface area (TPSA) is 52.6 Å². The van der Waals surface area contributed by atoms with Gasteiger partial charge in [-0.3, -0.25) is 0 Å². The first-order valence-electron chi connectivity index (χ1n) is 12.5. The fourth-order valence-corrected chi connectivity index (χ4v) is 5.90. The van der Waals surface area contributed by atoms with Gasteiger partial charge in [0, 0.05) is 33.4 Å². The summed E-state index contributed by atoms with van der Waals surface area (Å²) in [5.41, 5.74) is 2.97. The van der Waals surface area contributed by atoms with Crippen molar-refractivity contribution in [3.63, 3.8) is 0 Å². The van der Waals surface area contributed by atoms with E-state index in [-0.39, 0.29) is 0 Å². The van der Waals surface area contributed by atoms with Crippen molar-refractivity contribution in [2.75, 3.05) is 0 Å². The Kier molecular flexibility index (Phi) is 4.85. The molecule has 7 rings (SSSR count). The SMILES string of the molecule is O=C1OC(c2ccccc2)(c2ccccc2)c2cc3c(cc21)C(c1ccccc1)(c1ccccc1)OC3=O. The van der Waals surface area contributed by atoms with Crippen molar-refractivity contribution < 1.29 is 19.1 Å². The van der Waals surface area contributed by atoms with Crippen LogP contribution in [-0.2, 0) is 20.7 Å². The fraction of sp³-hybridized carbons (Fsp3) is 0.0588. The van der Waals surface area contributed by atoms with Crippen molar-refractivity contribution in [1.82, 2.24) is 0 Å². The normalized spacial score (nSPS) is 16.3. The van der Waals surface area contributed by atoms with Crippen LogP contribution in [0.15, 0.2) is 133 Å². The van der Waals surface area contributed by atoms with E-state index in [1.165, 1.54) is 0 Å². The van der Waals surface area contributed by atoms with Gasteiger partial charge in [0.1, 0.15) is 0 Å². The van der Waals surface area contributed by atoms with Crippen molar-refractivity contribution in [2.45, 2.75) is 11.2 Å². The van der Waals surface area contributed by atoms with Crippen LogP contribution in [0.25, 0.3) is 0 Å². The van der Waals surface area contributed by atoms with Crippen LogP contribution in [0.2, 0.25) is 0 Å². The zero-order chi connectivity index (χ0) is 25.7. The fourth-order valence-electron chi connectivity index (χ4n) is 5.90. The van der Waals surface area contributed by atoms with Gasteiger partial charge in [0.25, 0.3) is 0 Å². The molecule has 0 unspecified atom stereocenters. The molecular weight excluding hydrogens is 472 g/mol. The lowest BCUT2D eigenvalue weighted by molar-refractivity contribution is 0.0246. The molecule has 182 valence electrons. The number of hydrogen-bond donors (Lipinski definition) is 0. The molecule has 0 aromatic heterocycles. The second-order valence-corrected chi connectivity index (χ2v) is 9.55. The maximum absolute atomic E-state index is 13.6. The second-order valence-electron chi connectivity index (χ2n) is 9.55. The van der Waals surface area contributed by atoms with Crippen LogP contribution in [0.3, 0.4) is 0 Å². The van der Waals surface area contributed by atoms with Crippen LogP contribution < -0.4 is 0 Å². The number of carbonyl (C=O) groups is 2. The Balaban J connectivity index is 1.54. The minimum absolute atomic E-state index is 0.422. The molecule has 0 aliphatic carbocycles. The van der Waals surface area contributed by atoms with Crippen LogP contribution in [0.4, 0.5) is 0 Å². The highest BCUT2D eigenvalue weighted by atomic mass is 16.6. The maximum atomic E-state index is 13.6. The molecule has 0 spiro atoms. The van der Waals surface area contributed by atoms with Gasteiger partial charge < -0.3 is 9.47 Å².